The number of thiophene rings is 1. The minimum atomic E-state index is -4.51. The molecule has 0 unspecified atom stereocenters. The van der Waals surface area contributed by atoms with Gasteiger partial charge >= 0.3 is 6.18 Å². The number of halogens is 3. The monoisotopic (exact) mass is 469 g/mol. The van der Waals surface area contributed by atoms with Crippen LogP contribution in [-0.4, -0.2) is 36.1 Å². The van der Waals surface area contributed by atoms with E-state index < -0.39 is 11.7 Å². The maximum Gasteiger partial charge on any atom is 0.418 e. The molecule has 3 rings (SSSR count). The average molecular weight is 470 g/mol. The van der Waals surface area contributed by atoms with Crippen molar-refractivity contribution < 1.29 is 17.9 Å². The smallest absolute Gasteiger partial charge is 0.418 e. The van der Waals surface area contributed by atoms with E-state index in [0.29, 0.717) is 18.3 Å². The highest BCUT2D eigenvalue weighted by Gasteiger charge is 2.34. The second kappa shape index (κ2) is 11.0. The van der Waals surface area contributed by atoms with E-state index in [0.717, 1.165) is 42.4 Å². The zero-order valence-electron chi connectivity index (χ0n) is 17.5. The van der Waals surface area contributed by atoms with Crippen molar-refractivity contribution in [2.45, 2.75) is 32.9 Å². The van der Waals surface area contributed by atoms with Crippen molar-refractivity contribution in [3.05, 3.63) is 46.8 Å². The van der Waals surface area contributed by atoms with Crippen molar-refractivity contribution in [3.8, 4) is 16.2 Å². The summed E-state index contributed by atoms with van der Waals surface area (Å²) >= 11 is 2.88. The number of benzene rings is 1. The fourth-order valence-electron chi connectivity index (χ4n) is 3.20. The summed E-state index contributed by atoms with van der Waals surface area (Å²) in [6, 6.07) is 5.98. The van der Waals surface area contributed by atoms with Gasteiger partial charge in [-0.3, -0.25) is 4.90 Å². The van der Waals surface area contributed by atoms with Crippen LogP contribution in [0.1, 0.15) is 32.3 Å². The number of hydrogen-bond acceptors (Lipinski definition) is 6. The van der Waals surface area contributed by atoms with E-state index in [4.69, 9.17) is 4.74 Å². The number of rotatable bonds is 11. The lowest BCUT2D eigenvalue weighted by Crippen LogP contribution is -2.30. The number of ether oxygens (including phenoxy) is 1. The van der Waals surface area contributed by atoms with E-state index in [1.807, 2.05) is 16.8 Å². The van der Waals surface area contributed by atoms with Gasteiger partial charge in [0.1, 0.15) is 12.4 Å². The van der Waals surface area contributed by atoms with Gasteiger partial charge in [0.25, 0.3) is 0 Å². The van der Waals surface area contributed by atoms with Crippen LogP contribution in [0.25, 0.3) is 10.4 Å². The minimum absolute atomic E-state index is 0.0374. The van der Waals surface area contributed by atoms with E-state index in [-0.39, 0.29) is 11.4 Å². The molecule has 3 aromatic rings. The molecule has 31 heavy (non-hydrogen) atoms. The normalized spacial score (nSPS) is 11.8. The Kier molecular flexibility index (Phi) is 8.34. The molecule has 0 radical (unpaired) electrons. The Morgan fingerprint density at radius 2 is 1.87 bits per heavy atom. The quantitative estimate of drug-likeness (QED) is 0.324. The first-order valence-electron chi connectivity index (χ1n) is 10.2. The van der Waals surface area contributed by atoms with Crippen molar-refractivity contribution in [1.82, 2.24) is 9.88 Å². The first-order chi connectivity index (χ1) is 14.9. The summed E-state index contributed by atoms with van der Waals surface area (Å²) in [5.41, 5.74) is 0.205. The Morgan fingerprint density at radius 3 is 2.52 bits per heavy atom. The molecule has 0 spiro atoms. The largest absolute Gasteiger partial charge is 0.492 e. The molecule has 0 aliphatic heterocycles. The molecule has 0 amide bonds. The summed E-state index contributed by atoms with van der Waals surface area (Å²) in [6.07, 6.45) is -0.781. The maximum atomic E-state index is 13.7. The maximum absolute atomic E-state index is 13.7. The molecule has 0 bridgehead atoms. The number of thiazole rings is 1. The summed E-state index contributed by atoms with van der Waals surface area (Å²) in [4.78, 5) is 7.39. The van der Waals surface area contributed by atoms with E-state index in [1.54, 1.807) is 23.6 Å². The van der Waals surface area contributed by atoms with Crippen molar-refractivity contribution in [3.63, 3.8) is 0 Å². The van der Waals surface area contributed by atoms with Gasteiger partial charge in [-0.2, -0.15) is 24.5 Å². The fraction of sp³-hybridized carbons (Fsp3) is 0.409. The Bertz CT molecular complexity index is 936. The number of nitrogens with one attached hydrogen (secondary N) is 1. The molecule has 0 saturated heterocycles. The molecule has 1 aromatic carbocycles. The van der Waals surface area contributed by atoms with E-state index >= 15 is 0 Å². The van der Waals surface area contributed by atoms with Gasteiger partial charge in [-0.05, 0) is 61.0 Å². The fourth-order valence-corrected chi connectivity index (χ4v) is 4.76. The predicted octanol–water partition coefficient (Wildman–Crippen LogP) is 7.13. The van der Waals surface area contributed by atoms with Gasteiger partial charge in [-0.1, -0.05) is 25.2 Å². The zero-order chi connectivity index (χ0) is 22.3. The van der Waals surface area contributed by atoms with Crippen LogP contribution in [0.15, 0.2) is 41.2 Å². The number of alkyl halides is 3. The van der Waals surface area contributed by atoms with Crippen molar-refractivity contribution in [2.75, 3.05) is 31.6 Å². The van der Waals surface area contributed by atoms with Gasteiger partial charge in [0.2, 0.25) is 0 Å². The van der Waals surface area contributed by atoms with Crippen LogP contribution in [0.3, 0.4) is 0 Å². The zero-order valence-corrected chi connectivity index (χ0v) is 19.2. The van der Waals surface area contributed by atoms with Gasteiger partial charge in [-0.15, -0.1) is 0 Å². The third-order valence-electron chi connectivity index (χ3n) is 4.61. The summed E-state index contributed by atoms with van der Waals surface area (Å²) in [5, 5.41) is 7.17. The standard InChI is InChI=1S/C22H26F3N3OS2/c1-3-8-28(9-4-2)10-11-29-17-5-6-19(18(13-17)22(23,24)25)27-21-26-14-20(31-21)16-7-12-30-15-16/h5-7,12-15H,3-4,8-11H2,1-2H3,(H,26,27). The lowest BCUT2D eigenvalue weighted by atomic mass is 10.1. The van der Waals surface area contributed by atoms with E-state index in [9.17, 15) is 13.2 Å². The van der Waals surface area contributed by atoms with Crippen molar-refractivity contribution in [1.29, 1.82) is 0 Å². The first-order valence-corrected chi connectivity index (χ1v) is 12.0. The van der Waals surface area contributed by atoms with Crippen LogP contribution in [0, 0.1) is 0 Å². The van der Waals surface area contributed by atoms with Gasteiger partial charge in [0.15, 0.2) is 5.13 Å². The first kappa shape index (κ1) is 23.6. The van der Waals surface area contributed by atoms with E-state index in [1.165, 1.54) is 17.4 Å². The molecule has 0 aliphatic rings. The molecule has 0 atom stereocenters. The van der Waals surface area contributed by atoms with Crippen molar-refractivity contribution in [2.24, 2.45) is 0 Å². The average Bonchev–Trinajstić information content (AvgIpc) is 3.40. The summed E-state index contributed by atoms with van der Waals surface area (Å²) in [7, 11) is 0. The Hall–Kier alpha value is -2.10. The third kappa shape index (κ3) is 6.69. The molecule has 9 heteroatoms. The van der Waals surface area contributed by atoms with Gasteiger partial charge in [-0.25, -0.2) is 4.98 Å². The number of anilines is 2. The Labute approximate surface area is 188 Å². The molecule has 0 saturated carbocycles. The highest BCUT2D eigenvalue weighted by molar-refractivity contribution is 7.19. The number of aromatic nitrogens is 1. The van der Waals surface area contributed by atoms with Crippen molar-refractivity contribution >= 4 is 33.5 Å². The van der Waals surface area contributed by atoms with Crippen LogP contribution in [-0.2, 0) is 6.18 Å². The topological polar surface area (TPSA) is 37.4 Å². The Morgan fingerprint density at radius 1 is 1.10 bits per heavy atom. The summed E-state index contributed by atoms with van der Waals surface area (Å²) in [5.74, 6) is 0.212. The van der Waals surface area contributed by atoms with Crippen LogP contribution in [0.2, 0.25) is 0 Å². The van der Waals surface area contributed by atoms with Crippen LogP contribution in [0.5, 0.6) is 5.75 Å². The molecule has 2 aromatic heterocycles. The number of nitrogens with zero attached hydrogens (tertiary/aromatic N) is 2. The molecule has 2 heterocycles. The third-order valence-corrected chi connectivity index (χ3v) is 6.25. The minimum Gasteiger partial charge on any atom is -0.492 e. The van der Waals surface area contributed by atoms with Crippen LogP contribution < -0.4 is 10.1 Å². The molecule has 4 nitrogen and oxygen atoms in total. The molecule has 0 fully saturated rings. The SMILES string of the molecule is CCCN(CCC)CCOc1ccc(Nc2ncc(-c3ccsc3)s2)c(C(F)(F)F)c1. The summed E-state index contributed by atoms with van der Waals surface area (Å²) in [6.45, 7) is 7.16. The van der Waals surface area contributed by atoms with Gasteiger partial charge in [0.05, 0.1) is 16.1 Å². The lowest BCUT2D eigenvalue weighted by Gasteiger charge is -2.21. The molecule has 1 N–H and O–H groups in total. The van der Waals surface area contributed by atoms with Gasteiger partial charge in [0, 0.05) is 18.3 Å². The number of hydrogen-bond donors (Lipinski definition) is 1. The van der Waals surface area contributed by atoms with Crippen LogP contribution >= 0.6 is 22.7 Å². The molecular formula is C22H26F3N3OS2. The highest BCUT2D eigenvalue weighted by Crippen LogP contribution is 2.39. The van der Waals surface area contributed by atoms with Gasteiger partial charge < -0.3 is 10.1 Å². The predicted molar refractivity (Wildman–Crippen MR) is 123 cm³/mol. The lowest BCUT2D eigenvalue weighted by molar-refractivity contribution is -0.137. The van der Waals surface area contributed by atoms with E-state index in [2.05, 4.69) is 29.0 Å². The molecular weight excluding hydrogens is 443 g/mol. The highest BCUT2D eigenvalue weighted by atomic mass is 32.1. The molecule has 0 aliphatic carbocycles. The Balaban J connectivity index is 1.70. The summed E-state index contributed by atoms with van der Waals surface area (Å²) < 4.78 is 46.7. The molecule has 168 valence electrons. The second-order valence-corrected chi connectivity index (χ2v) is 8.87. The van der Waals surface area contributed by atoms with Crippen LogP contribution in [0.4, 0.5) is 24.0 Å². The second-order valence-electron chi connectivity index (χ2n) is 7.06.